The van der Waals surface area contributed by atoms with Crippen LogP contribution in [0.5, 0.6) is 0 Å². The molecule has 2 atom stereocenters. The molecule has 100 valence electrons. The summed E-state index contributed by atoms with van der Waals surface area (Å²) in [5.74, 6) is 1.51. The quantitative estimate of drug-likeness (QED) is 0.821. The van der Waals surface area contributed by atoms with Gasteiger partial charge in [0.25, 0.3) is 0 Å². The van der Waals surface area contributed by atoms with Crippen LogP contribution < -0.4 is 5.32 Å². The normalized spacial score (nSPS) is 18.6. The highest BCUT2D eigenvalue weighted by Crippen LogP contribution is 2.33. The van der Waals surface area contributed by atoms with Crippen molar-refractivity contribution in [1.29, 1.82) is 0 Å². The van der Waals surface area contributed by atoms with Gasteiger partial charge in [-0.3, -0.25) is 4.21 Å². The zero-order chi connectivity index (χ0) is 13.0. The highest BCUT2D eigenvalue weighted by Gasteiger charge is 2.31. The van der Waals surface area contributed by atoms with Crippen molar-refractivity contribution in [2.24, 2.45) is 5.92 Å². The van der Waals surface area contributed by atoms with Crippen molar-refractivity contribution in [2.45, 2.75) is 44.0 Å². The Morgan fingerprint density at radius 2 is 2.00 bits per heavy atom. The minimum absolute atomic E-state index is 0.437. The summed E-state index contributed by atoms with van der Waals surface area (Å²) in [5.41, 5.74) is 1.22. The second-order valence-corrected chi connectivity index (χ2v) is 6.72. The predicted molar refractivity (Wildman–Crippen MR) is 77.3 cm³/mol. The van der Waals surface area contributed by atoms with Gasteiger partial charge in [0.05, 0.1) is 10.8 Å². The van der Waals surface area contributed by atoms with Crippen LogP contribution in [-0.4, -0.2) is 22.5 Å². The van der Waals surface area contributed by atoms with Crippen molar-refractivity contribution in [3.63, 3.8) is 0 Å². The van der Waals surface area contributed by atoms with E-state index in [0.717, 1.165) is 29.5 Å². The molecule has 0 amide bonds. The molecule has 3 heteroatoms. The van der Waals surface area contributed by atoms with Crippen LogP contribution in [0, 0.1) is 12.8 Å². The Hall–Kier alpha value is -0.670. The van der Waals surface area contributed by atoms with Gasteiger partial charge in [-0.25, -0.2) is 0 Å². The lowest BCUT2D eigenvalue weighted by atomic mass is 10.2. The van der Waals surface area contributed by atoms with Crippen LogP contribution in [0.25, 0.3) is 0 Å². The lowest BCUT2D eigenvalue weighted by Gasteiger charge is -2.17. The molecule has 1 N–H and O–H groups in total. The molecule has 1 aliphatic rings. The first-order valence-electron chi connectivity index (χ1n) is 6.89. The molecule has 0 aliphatic heterocycles. The van der Waals surface area contributed by atoms with Gasteiger partial charge in [0.15, 0.2) is 0 Å². The fourth-order valence-corrected chi connectivity index (χ4v) is 3.49. The Kier molecular flexibility index (Phi) is 4.95. The van der Waals surface area contributed by atoms with Crippen molar-refractivity contribution in [3.05, 3.63) is 29.8 Å². The lowest BCUT2D eigenvalue weighted by molar-refractivity contribution is 0.498. The van der Waals surface area contributed by atoms with Crippen LogP contribution in [-0.2, 0) is 10.8 Å². The van der Waals surface area contributed by atoms with Gasteiger partial charge in [-0.1, -0.05) is 24.6 Å². The minimum Gasteiger partial charge on any atom is -0.313 e. The summed E-state index contributed by atoms with van der Waals surface area (Å²) in [6, 6.07) is 8.51. The first kappa shape index (κ1) is 13.8. The fraction of sp³-hybridized carbons (Fsp3) is 0.600. The second-order valence-electron chi connectivity index (χ2n) is 5.22. The monoisotopic (exact) mass is 265 g/mol. The van der Waals surface area contributed by atoms with E-state index in [-0.39, 0.29) is 0 Å². The third-order valence-corrected chi connectivity index (χ3v) is 4.92. The van der Waals surface area contributed by atoms with Gasteiger partial charge in [0, 0.05) is 16.7 Å². The molecule has 1 aromatic rings. The van der Waals surface area contributed by atoms with Crippen molar-refractivity contribution < 1.29 is 4.21 Å². The van der Waals surface area contributed by atoms with E-state index in [1.54, 1.807) is 0 Å². The third kappa shape index (κ3) is 3.92. The van der Waals surface area contributed by atoms with Gasteiger partial charge in [0.1, 0.15) is 0 Å². The van der Waals surface area contributed by atoms with Crippen LogP contribution in [0.15, 0.2) is 29.2 Å². The minimum atomic E-state index is -0.868. The first-order chi connectivity index (χ1) is 8.70. The fourth-order valence-electron chi connectivity index (χ4n) is 2.14. The molecule has 1 aliphatic carbocycles. The van der Waals surface area contributed by atoms with E-state index in [1.165, 1.54) is 18.4 Å². The third-order valence-electron chi connectivity index (χ3n) is 3.46. The first-order valence-corrected chi connectivity index (χ1v) is 8.21. The summed E-state index contributed by atoms with van der Waals surface area (Å²) < 4.78 is 12.3. The molecule has 2 unspecified atom stereocenters. The Labute approximate surface area is 113 Å². The number of hydrogen-bond donors (Lipinski definition) is 1. The van der Waals surface area contributed by atoms with E-state index in [2.05, 4.69) is 19.2 Å². The Balaban J connectivity index is 1.93. The van der Waals surface area contributed by atoms with E-state index in [4.69, 9.17) is 0 Å². The van der Waals surface area contributed by atoms with E-state index >= 15 is 0 Å². The molecule has 0 aromatic heterocycles. The van der Waals surface area contributed by atoms with E-state index in [1.807, 2.05) is 24.3 Å². The summed E-state index contributed by atoms with van der Waals surface area (Å²) in [5, 5.41) is 3.55. The molecule has 1 saturated carbocycles. The maximum absolute atomic E-state index is 12.3. The molecule has 2 nitrogen and oxygen atoms in total. The zero-order valence-corrected chi connectivity index (χ0v) is 12.1. The van der Waals surface area contributed by atoms with E-state index in [0.29, 0.717) is 6.04 Å². The summed E-state index contributed by atoms with van der Waals surface area (Å²) in [4.78, 5) is 0.963. The van der Waals surface area contributed by atoms with Crippen LogP contribution in [0.2, 0.25) is 0 Å². The summed E-state index contributed by atoms with van der Waals surface area (Å²) in [6.07, 6.45) is 3.74. The summed E-state index contributed by atoms with van der Waals surface area (Å²) in [7, 11) is -0.868. The van der Waals surface area contributed by atoms with Crippen LogP contribution in [0.3, 0.4) is 0 Å². The number of rotatable bonds is 7. The average Bonchev–Trinajstić information content (AvgIpc) is 3.19. The molecule has 18 heavy (non-hydrogen) atoms. The van der Waals surface area contributed by atoms with Gasteiger partial charge in [-0.2, -0.15) is 0 Å². The highest BCUT2D eigenvalue weighted by atomic mass is 32.2. The van der Waals surface area contributed by atoms with E-state index < -0.39 is 10.8 Å². The Morgan fingerprint density at radius 3 is 2.56 bits per heavy atom. The van der Waals surface area contributed by atoms with Gasteiger partial charge >= 0.3 is 0 Å². The second kappa shape index (κ2) is 6.48. The van der Waals surface area contributed by atoms with Crippen LogP contribution >= 0.6 is 0 Å². The molecule has 1 fully saturated rings. The Bertz CT molecular complexity index is 397. The van der Waals surface area contributed by atoms with Crippen molar-refractivity contribution in [1.82, 2.24) is 5.32 Å². The molecular formula is C15H23NOS. The summed E-state index contributed by atoms with van der Waals surface area (Å²) >= 11 is 0. The molecule has 0 heterocycles. The van der Waals surface area contributed by atoms with Crippen LogP contribution in [0.1, 0.15) is 31.7 Å². The van der Waals surface area contributed by atoms with Crippen molar-refractivity contribution in [3.8, 4) is 0 Å². The zero-order valence-electron chi connectivity index (χ0n) is 11.3. The standard InChI is InChI=1S/C15H23NOS/c1-3-10-16-15(13-6-7-13)11-18(17)14-8-4-12(2)5-9-14/h4-5,8-9,13,15-16H,3,6-7,10-11H2,1-2H3. The smallest absolute Gasteiger partial charge is 0.0545 e. The van der Waals surface area contributed by atoms with Crippen molar-refractivity contribution >= 4 is 10.8 Å². The number of aryl methyl sites for hydroxylation is 1. The molecule has 0 saturated heterocycles. The van der Waals surface area contributed by atoms with Gasteiger partial charge in [-0.15, -0.1) is 0 Å². The molecule has 0 spiro atoms. The predicted octanol–water partition coefficient (Wildman–Crippen LogP) is 2.88. The van der Waals surface area contributed by atoms with Gasteiger partial charge in [-0.05, 0) is 50.8 Å². The number of nitrogens with one attached hydrogen (secondary N) is 1. The lowest BCUT2D eigenvalue weighted by Crippen LogP contribution is -2.36. The molecule has 1 aromatic carbocycles. The average molecular weight is 265 g/mol. The SMILES string of the molecule is CCCNC(CS(=O)c1ccc(C)cc1)C1CC1. The van der Waals surface area contributed by atoms with Crippen molar-refractivity contribution in [2.75, 3.05) is 12.3 Å². The Morgan fingerprint density at radius 1 is 1.33 bits per heavy atom. The topological polar surface area (TPSA) is 29.1 Å². The maximum Gasteiger partial charge on any atom is 0.0545 e. The van der Waals surface area contributed by atoms with Gasteiger partial charge in [0.2, 0.25) is 0 Å². The molecular weight excluding hydrogens is 242 g/mol. The highest BCUT2D eigenvalue weighted by molar-refractivity contribution is 7.85. The maximum atomic E-state index is 12.3. The molecule has 2 rings (SSSR count). The number of hydrogen-bond acceptors (Lipinski definition) is 2. The van der Waals surface area contributed by atoms with E-state index in [9.17, 15) is 4.21 Å². The summed E-state index contributed by atoms with van der Waals surface area (Å²) in [6.45, 7) is 5.27. The van der Waals surface area contributed by atoms with Crippen LogP contribution in [0.4, 0.5) is 0 Å². The number of benzene rings is 1. The molecule has 0 radical (unpaired) electrons. The van der Waals surface area contributed by atoms with Gasteiger partial charge < -0.3 is 5.32 Å². The molecule has 0 bridgehead atoms. The largest absolute Gasteiger partial charge is 0.313 e.